The van der Waals surface area contributed by atoms with Crippen molar-refractivity contribution in [1.82, 2.24) is 14.4 Å². The molecule has 2 fully saturated rings. The zero-order chi connectivity index (χ0) is 22.0. The van der Waals surface area contributed by atoms with E-state index in [1.807, 2.05) is 54.0 Å². The van der Waals surface area contributed by atoms with E-state index in [1.165, 1.54) is 0 Å². The maximum absolute atomic E-state index is 13.3. The summed E-state index contributed by atoms with van der Waals surface area (Å²) in [6, 6.07) is 9.80. The van der Waals surface area contributed by atoms with Crippen molar-refractivity contribution in [1.29, 1.82) is 0 Å². The molecule has 2 amide bonds. The maximum atomic E-state index is 13.3. The van der Waals surface area contributed by atoms with Gasteiger partial charge in [-0.15, -0.1) is 0 Å². The number of carbonyl (C=O) groups excluding carboxylic acids is 2. The van der Waals surface area contributed by atoms with Gasteiger partial charge in [0, 0.05) is 55.2 Å². The van der Waals surface area contributed by atoms with E-state index in [0.717, 1.165) is 41.2 Å². The average Bonchev–Trinajstić information content (AvgIpc) is 3.12. The second-order valence-electron chi connectivity index (χ2n) is 8.33. The van der Waals surface area contributed by atoms with Crippen molar-refractivity contribution in [2.24, 2.45) is 5.92 Å². The van der Waals surface area contributed by atoms with Crippen LogP contribution in [0.2, 0.25) is 0 Å². The van der Waals surface area contributed by atoms with Crippen LogP contribution in [0.3, 0.4) is 0 Å². The van der Waals surface area contributed by atoms with Crippen molar-refractivity contribution in [2.45, 2.75) is 26.7 Å². The van der Waals surface area contributed by atoms with Crippen LogP contribution in [0.5, 0.6) is 5.75 Å². The Kier molecular flexibility index (Phi) is 6.32. The van der Waals surface area contributed by atoms with Crippen molar-refractivity contribution < 1.29 is 19.1 Å². The quantitative estimate of drug-likeness (QED) is 0.756. The number of aryl methyl sites for hydroxylation is 1. The lowest BCUT2D eigenvalue weighted by Gasteiger charge is -2.35. The van der Waals surface area contributed by atoms with Crippen molar-refractivity contribution in [2.75, 3.05) is 46.5 Å². The highest BCUT2D eigenvalue weighted by Crippen LogP contribution is 2.27. The van der Waals surface area contributed by atoms with E-state index >= 15 is 0 Å². The Morgan fingerprint density at radius 3 is 2.39 bits per heavy atom. The van der Waals surface area contributed by atoms with Crippen molar-refractivity contribution in [3.8, 4) is 11.4 Å². The van der Waals surface area contributed by atoms with Crippen LogP contribution in [0, 0.1) is 19.8 Å². The number of amides is 2. The summed E-state index contributed by atoms with van der Waals surface area (Å²) in [5.74, 6) is 1.04. The van der Waals surface area contributed by atoms with E-state index < -0.39 is 0 Å². The van der Waals surface area contributed by atoms with E-state index in [2.05, 4.69) is 4.57 Å². The maximum Gasteiger partial charge on any atom is 0.255 e. The minimum atomic E-state index is 0.00589. The molecule has 2 aliphatic rings. The number of morpholine rings is 1. The Morgan fingerprint density at radius 1 is 1.00 bits per heavy atom. The van der Waals surface area contributed by atoms with E-state index in [0.29, 0.717) is 39.4 Å². The molecular weight excluding hydrogens is 394 g/mol. The normalized spacial score (nSPS) is 17.6. The SMILES string of the molecule is COc1cccc(-n2c(C)cc(C(=O)N3CCC(C(=O)N4CCOCC4)CC3)c2C)c1. The molecule has 0 N–H and O–H groups in total. The number of likely N-dealkylation sites (tertiary alicyclic amines) is 1. The Morgan fingerprint density at radius 2 is 1.71 bits per heavy atom. The number of aromatic nitrogens is 1. The molecule has 0 spiro atoms. The van der Waals surface area contributed by atoms with Crippen LogP contribution in [0.4, 0.5) is 0 Å². The Balaban J connectivity index is 1.45. The first-order valence-corrected chi connectivity index (χ1v) is 11.0. The third-order valence-corrected chi connectivity index (χ3v) is 6.43. The molecule has 0 bridgehead atoms. The molecule has 1 aromatic carbocycles. The number of hydrogen-bond acceptors (Lipinski definition) is 4. The monoisotopic (exact) mass is 425 g/mol. The number of benzene rings is 1. The molecule has 1 aromatic heterocycles. The lowest BCUT2D eigenvalue weighted by molar-refractivity contribution is -0.141. The van der Waals surface area contributed by atoms with E-state index in [9.17, 15) is 9.59 Å². The first-order valence-electron chi connectivity index (χ1n) is 11.0. The number of rotatable bonds is 4. The van der Waals surface area contributed by atoms with Gasteiger partial charge in [0.05, 0.1) is 25.9 Å². The van der Waals surface area contributed by atoms with E-state index in [1.54, 1.807) is 7.11 Å². The Hall–Kier alpha value is -2.80. The lowest BCUT2D eigenvalue weighted by Crippen LogP contribution is -2.47. The first-order chi connectivity index (χ1) is 15.0. The lowest BCUT2D eigenvalue weighted by atomic mass is 9.94. The fourth-order valence-corrected chi connectivity index (χ4v) is 4.67. The van der Waals surface area contributed by atoms with Gasteiger partial charge in [0.15, 0.2) is 0 Å². The van der Waals surface area contributed by atoms with Crippen LogP contribution in [0.15, 0.2) is 30.3 Å². The highest BCUT2D eigenvalue weighted by Gasteiger charge is 2.32. The van der Waals surface area contributed by atoms with Gasteiger partial charge in [-0.3, -0.25) is 9.59 Å². The number of methoxy groups -OCH3 is 1. The van der Waals surface area contributed by atoms with Gasteiger partial charge in [0.1, 0.15) is 5.75 Å². The number of carbonyl (C=O) groups is 2. The molecular formula is C24H31N3O4. The molecule has 0 saturated carbocycles. The third kappa shape index (κ3) is 4.32. The molecule has 0 aliphatic carbocycles. The average molecular weight is 426 g/mol. The van der Waals surface area contributed by atoms with Gasteiger partial charge in [-0.1, -0.05) is 6.07 Å². The number of piperidine rings is 1. The topological polar surface area (TPSA) is 64.0 Å². The van der Waals surface area contributed by atoms with Gasteiger partial charge in [0.2, 0.25) is 5.91 Å². The van der Waals surface area contributed by atoms with Gasteiger partial charge in [-0.2, -0.15) is 0 Å². The van der Waals surface area contributed by atoms with Gasteiger partial charge in [0.25, 0.3) is 5.91 Å². The second-order valence-corrected chi connectivity index (χ2v) is 8.33. The number of nitrogens with zero attached hydrogens (tertiary/aromatic N) is 3. The summed E-state index contributed by atoms with van der Waals surface area (Å²) < 4.78 is 12.8. The van der Waals surface area contributed by atoms with Crippen LogP contribution >= 0.6 is 0 Å². The molecule has 166 valence electrons. The van der Waals surface area contributed by atoms with Gasteiger partial charge in [-0.05, 0) is 44.9 Å². The summed E-state index contributed by atoms with van der Waals surface area (Å²) >= 11 is 0. The van der Waals surface area contributed by atoms with Crippen LogP contribution in [-0.2, 0) is 9.53 Å². The zero-order valence-corrected chi connectivity index (χ0v) is 18.6. The fourth-order valence-electron chi connectivity index (χ4n) is 4.67. The van der Waals surface area contributed by atoms with Crippen LogP contribution in [-0.4, -0.2) is 72.7 Å². The molecule has 2 saturated heterocycles. The van der Waals surface area contributed by atoms with Crippen molar-refractivity contribution in [3.63, 3.8) is 0 Å². The molecule has 3 heterocycles. The standard InChI is InChI=1S/C24H31N3O4/c1-17-15-22(18(2)27(17)20-5-4-6-21(16-20)30-3)24(29)25-9-7-19(8-10-25)23(28)26-11-13-31-14-12-26/h4-6,15-16,19H,7-14H2,1-3H3. The second kappa shape index (κ2) is 9.14. The predicted octanol–water partition coefficient (Wildman–Crippen LogP) is 2.81. The first kappa shape index (κ1) is 21.4. The van der Waals surface area contributed by atoms with E-state index in [4.69, 9.17) is 9.47 Å². The molecule has 31 heavy (non-hydrogen) atoms. The smallest absolute Gasteiger partial charge is 0.255 e. The molecule has 0 radical (unpaired) electrons. The van der Waals surface area contributed by atoms with Gasteiger partial charge >= 0.3 is 0 Å². The van der Waals surface area contributed by atoms with Crippen LogP contribution in [0.25, 0.3) is 5.69 Å². The third-order valence-electron chi connectivity index (χ3n) is 6.43. The highest BCUT2D eigenvalue weighted by molar-refractivity contribution is 5.96. The molecule has 7 nitrogen and oxygen atoms in total. The summed E-state index contributed by atoms with van der Waals surface area (Å²) in [5.41, 5.74) is 3.62. The van der Waals surface area contributed by atoms with Crippen molar-refractivity contribution in [3.05, 3.63) is 47.3 Å². The largest absolute Gasteiger partial charge is 0.497 e. The fraction of sp³-hybridized carbons (Fsp3) is 0.500. The zero-order valence-electron chi connectivity index (χ0n) is 18.6. The van der Waals surface area contributed by atoms with Gasteiger partial charge in [-0.25, -0.2) is 0 Å². The molecule has 0 unspecified atom stereocenters. The predicted molar refractivity (Wildman–Crippen MR) is 118 cm³/mol. The summed E-state index contributed by atoms with van der Waals surface area (Å²) in [4.78, 5) is 29.9. The minimum Gasteiger partial charge on any atom is -0.497 e. The highest BCUT2D eigenvalue weighted by atomic mass is 16.5. The minimum absolute atomic E-state index is 0.00589. The van der Waals surface area contributed by atoms with Crippen molar-refractivity contribution >= 4 is 11.8 Å². The summed E-state index contributed by atoms with van der Waals surface area (Å²) in [6.45, 7) is 7.80. The summed E-state index contributed by atoms with van der Waals surface area (Å²) in [5, 5.41) is 0. The Bertz CT molecular complexity index is 954. The number of hydrogen-bond donors (Lipinski definition) is 0. The molecule has 2 aliphatic heterocycles. The van der Waals surface area contributed by atoms with Crippen LogP contribution < -0.4 is 4.74 Å². The molecule has 7 heteroatoms. The summed E-state index contributed by atoms with van der Waals surface area (Å²) in [6.07, 6.45) is 1.44. The number of ether oxygens (including phenoxy) is 2. The molecule has 2 aromatic rings. The van der Waals surface area contributed by atoms with E-state index in [-0.39, 0.29) is 17.7 Å². The molecule has 4 rings (SSSR count). The van der Waals surface area contributed by atoms with Crippen LogP contribution in [0.1, 0.15) is 34.6 Å². The van der Waals surface area contributed by atoms with Gasteiger partial charge < -0.3 is 23.8 Å². The Labute approximate surface area is 183 Å². The molecule has 0 atom stereocenters. The summed E-state index contributed by atoms with van der Waals surface area (Å²) in [7, 11) is 1.65.